The van der Waals surface area contributed by atoms with E-state index in [4.69, 9.17) is 10.5 Å². The maximum atomic E-state index is 14.3. The van der Waals surface area contributed by atoms with Crippen molar-refractivity contribution in [2.75, 3.05) is 13.7 Å². The van der Waals surface area contributed by atoms with E-state index >= 15 is 0 Å². The number of nitrogens with zero attached hydrogens (tertiary/aromatic N) is 1. The lowest BCUT2D eigenvalue weighted by Crippen LogP contribution is -2.45. The zero-order chi connectivity index (χ0) is 16.2. The lowest BCUT2D eigenvalue weighted by atomic mass is 9.90. The van der Waals surface area contributed by atoms with E-state index in [-0.39, 0.29) is 17.9 Å². The summed E-state index contributed by atoms with van der Waals surface area (Å²) in [6, 6.07) is 14.8. The number of nitrogens with two attached hydrogens (primary N) is 1. The molecule has 1 saturated heterocycles. The van der Waals surface area contributed by atoms with Crippen LogP contribution in [-0.2, 0) is 6.54 Å². The molecule has 0 spiro atoms. The normalized spacial score (nSPS) is 22.0. The summed E-state index contributed by atoms with van der Waals surface area (Å²) in [6.45, 7) is 1.61. The Morgan fingerprint density at radius 2 is 1.91 bits per heavy atom. The molecule has 2 aromatic rings. The third-order valence-electron chi connectivity index (χ3n) is 4.57. The van der Waals surface area contributed by atoms with Crippen LogP contribution in [0.3, 0.4) is 0 Å². The fourth-order valence-electron chi connectivity index (χ4n) is 3.47. The zero-order valence-electron chi connectivity index (χ0n) is 13.4. The molecule has 2 atom stereocenters. The van der Waals surface area contributed by atoms with Gasteiger partial charge in [0, 0.05) is 23.7 Å². The number of likely N-dealkylation sites (tertiary alicyclic amines) is 1. The first kappa shape index (κ1) is 16.0. The molecular weight excluding hydrogens is 291 g/mol. The van der Waals surface area contributed by atoms with Gasteiger partial charge >= 0.3 is 0 Å². The number of methoxy groups -OCH3 is 1. The number of hydrogen-bond acceptors (Lipinski definition) is 3. The van der Waals surface area contributed by atoms with E-state index in [9.17, 15) is 4.39 Å². The second kappa shape index (κ2) is 7.11. The molecule has 0 bridgehead atoms. The van der Waals surface area contributed by atoms with Crippen molar-refractivity contribution in [3.8, 4) is 5.75 Å². The van der Waals surface area contributed by atoms with Gasteiger partial charge in [0.25, 0.3) is 0 Å². The summed E-state index contributed by atoms with van der Waals surface area (Å²) in [5.41, 5.74) is 8.15. The summed E-state index contributed by atoms with van der Waals surface area (Å²) in [7, 11) is 1.68. The van der Waals surface area contributed by atoms with E-state index in [0.717, 1.165) is 30.7 Å². The van der Waals surface area contributed by atoms with Crippen molar-refractivity contribution in [2.45, 2.75) is 31.5 Å². The highest BCUT2D eigenvalue weighted by Crippen LogP contribution is 2.34. The van der Waals surface area contributed by atoms with Gasteiger partial charge in [-0.25, -0.2) is 4.39 Å². The molecule has 0 radical (unpaired) electrons. The molecule has 3 nitrogen and oxygen atoms in total. The van der Waals surface area contributed by atoms with Gasteiger partial charge in [-0.15, -0.1) is 0 Å². The minimum Gasteiger partial charge on any atom is -0.496 e. The van der Waals surface area contributed by atoms with Crippen LogP contribution < -0.4 is 10.5 Å². The summed E-state index contributed by atoms with van der Waals surface area (Å²) in [6.07, 6.45) is 1.95. The Labute approximate surface area is 136 Å². The molecule has 0 amide bonds. The second-order valence-electron chi connectivity index (χ2n) is 6.05. The van der Waals surface area contributed by atoms with E-state index in [1.165, 1.54) is 6.07 Å². The molecule has 1 fully saturated rings. The smallest absolute Gasteiger partial charge is 0.128 e. The van der Waals surface area contributed by atoms with Crippen LogP contribution >= 0.6 is 0 Å². The highest BCUT2D eigenvalue weighted by molar-refractivity contribution is 5.33. The van der Waals surface area contributed by atoms with Crippen molar-refractivity contribution in [1.29, 1.82) is 0 Å². The van der Waals surface area contributed by atoms with Crippen LogP contribution in [0.1, 0.15) is 30.0 Å². The molecule has 0 unspecified atom stereocenters. The van der Waals surface area contributed by atoms with Gasteiger partial charge in [0.15, 0.2) is 0 Å². The number of para-hydroxylation sites is 1. The molecule has 0 saturated carbocycles. The molecule has 1 aliphatic rings. The van der Waals surface area contributed by atoms with E-state index in [0.29, 0.717) is 12.1 Å². The Morgan fingerprint density at radius 1 is 1.17 bits per heavy atom. The van der Waals surface area contributed by atoms with Gasteiger partial charge in [-0.05, 0) is 31.5 Å². The topological polar surface area (TPSA) is 38.5 Å². The first-order valence-electron chi connectivity index (χ1n) is 8.06. The predicted octanol–water partition coefficient (Wildman–Crippen LogP) is 3.50. The van der Waals surface area contributed by atoms with Gasteiger partial charge in [-0.1, -0.05) is 36.4 Å². The predicted molar refractivity (Wildman–Crippen MR) is 89.8 cm³/mol. The van der Waals surface area contributed by atoms with Gasteiger partial charge in [0.2, 0.25) is 0 Å². The number of halogens is 1. The molecule has 4 heteroatoms. The summed E-state index contributed by atoms with van der Waals surface area (Å²) in [5, 5.41) is 0. The van der Waals surface area contributed by atoms with Crippen molar-refractivity contribution in [3.05, 3.63) is 65.5 Å². The van der Waals surface area contributed by atoms with Gasteiger partial charge < -0.3 is 10.5 Å². The van der Waals surface area contributed by atoms with Crippen LogP contribution in [0.4, 0.5) is 4.39 Å². The van der Waals surface area contributed by atoms with Gasteiger partial charge in [-0.2, -0.15) is 0 Å². The SMILES string of the molecule is COc1ccccc1CN1CCC[C@@H](N)[C@@H]1c1ccccc1F. The first-order valence-corrected chi connectivity index (χ1v) is 8.06. The molecule has 0 aromatic heterocycles. The van der Waals surface area contributed by atoms with Crippen molar-refractivity contribution in [1.82, 2.24) is 4.90 Å². The fraction of sp³-hybridized carbons (Fsp3) is 0.368. The monoisotopic (exact) mass is 314 g/mol. The first-order chi connectivity index (χ1) is 11.2. The van der Waals surface area contributed by atoms with E-state index in [2.05, 4.69) is 11.0 Å². The van der Waals surface area contributed by atoms with Gasteiger partial charge in [0.1, 0.15) is 11.6 Å². The standard InChI is InChI=1S/C19H23FN2O/c1-23-18-11-5-2-7-14(18)13-22-12-6-10-17(21)19(22)15-8-3-4-9-16(15)20/h2-5,7-9,11,17,19H,6,10,12-13,21H2,1H3/t17-,19+/m1/s1. The maximum absolute atomic E-state index is 14.3. The molecule has 122 valence electrons. The molecule has 2 aromatic carbocycles. The average molecular weight is 314 g/mol. The average Bonchev–Trinajstić information content (AvgIpc) is 2.57. The number of ether oxygens (including phenoxy) is 1. The van der Waals surface area contributed by atoms with Crippen LogP contribution in [0, 0.1) is 5.82 Å². The molecule has 0 aliphatic carbocycles. The quantitative estimate of drug-likeness (QED) is 0.939. The highest BCUT2D eigenvalue weighted by atomic mass is 19.1. The van der Waals surface area contributed by atoms with Crippen LogP contribution in [0.5, 0.6) is 5.75 Å². The summed E-state index contributed by atoms with van der Waals surface area (Å²) in [5.74, 6) is 0.679. The van der Waals surface area contributed by atoms with Crippen LogP contribution in [0.25, 0.3) is 0 Å². The van der Waals surface area contributed by atoms with Crippen LogP contribution in [-0.4, -0.2) is 24.6 Å². The second-order valence-corrected chi connectivity index (χ2v) is 6.05. The maximum Gasteiger partial charge on any atom is 0.128 e. The largest absolute Gasteiger partial charge is 0.496 e. The van der Waals surface area contributed by atoms with Crippen molar-refractivity contribution in [3.63, 3.8) is 0 Å². The Bertz CT molecular complexity index is 661. The lowest BCUT2D eigenvalue weighted by Gasteiger charge is -2.40. The van der Waals surface area contributed by atoms with Crippen molar-refractivity contribution >= 4 is 0 Å². The third kappa shape index (κ3) is 3.38. The summed E-state index contributed by atoms with van der Waals surface area (Å²) in [4.78, 5) is 2.27. The zero-order valence-corrected chi connectivity index (χ0v) is 13.4. The Balaban J connectivity index is 1.91. The lowest BCUT2D eigenvalue weighted by molar-refractivity contribution is 0.116. The minimum absolute atomic E-state index is 0.0599. The molecule has 2 N–H and O–H groups in total. The van der Waals surface area contributed by atoms with E-state index < -0.39 is 0 Å². The molecule has 1 heterocycles. The highest BCUT2D eigenvalue weighted by Gasteiger charge is 2.32. The molecule has 1 aliphatic heterocycles. The molecule has 23 heavy (non-hydrogen) atoms. The summed E-state index contributed by atoms with van der Waals surface area (Å²) < 4.78 is 19.7. The number of rotatable bonds is 4. The molecular formula is C19H23FN2O. The van der Waals surface area contributed by atoms with Gasteiger partial charge in [-0.3, -0.25) is 4.90 Å². The van der Waals surface area contributed by atoms with E-state index in [1.807, 2.05) is 30.3 Å². The van der Waals surface area contributed by atoms with Gasteiger partial charge in [0.05, 0.1) is 13.2 Å². The van der Waals surface area contributed by atoms with E-state index in [1.54, 1.807) is 13.2 Å². The summed E-state index contributed by atoms with van der Waals surface area (Å²) >= 11 is 0. The van der Waals surface area contributed by atoms with Crippen molar-refractivity contribution in [2.24, 2.45) is 5.73 Å². The minimum atomic E-state index is -0.181. The number of hydrogen-bond donors (Lipinski definition) is 1. The number of benzene rings is 2. The number of piperidine rings is 1. The Kier molecular flexibility index (Phi) is 4.94. The fourth-order valence-corrected chi connectivity index (χ4v) is 3.47. The molecule has 3 rings (SSSR count). The van der Waals surface area contributed by atoms with Crippen LogP contribution in [0.15, 0.2) is 48.5 Å². The Morgan fingerprint density at radius 3 is 2.70 bits per heavy atom. The third-order valence-corrected chi connectivity index (χ3v) is 4.57. The van der Waals surface area contributed by atoms with Crippen molar-refractivity contribution < 1.29 is 9.13 Å². The Hall–Kier alpha value is -1.91. The van der Waals surface area contributed by atoms with Crippen LogP contribution in [0.2, 0.25) is 0 Å².